The highest BCUT2D eigenvalue weighted by atomic mass is 35.5. The van der Waals surface area contributed by atoms with Crippen LogP contribution in [0.4, 0.5) is 34.9 Å². The SMILES string of the molecule is Nc1c(S(=O)(=O)c2ccc3ccccc3c2)cc2c(c1S(=O)(=O)O)Oc1c(c(Cl)c3oc4c(S(=O)(=O)O)c(=Nc5nc(NCCOCCO)nc(NCCOCCO)n5)ccc-4nc3c1Cl)N2. The van der Waals surface area contributed by atoms with Gasteiger partial charge in [0.05, 0.1) is 66.2 Å². The number of fused-ring (bicyclic) bond motifs is 5. The summed E-state index contributed by atoms with van der Waals surface area (Å²) in [7, 11) is -15.2. The van der Waals surface area contributed by atoms with Crippen molar-refractivity contribution in [3.63, 3.8) is 0 Å². The van der Waals surface area contributed by atoms with Crippen LogP contribution in [0, 0.1) is 0 Å². The predicted octanol–water partition coefficient (Wildman–Crippen LogP) is 4.41. The summed E-state index contributed by atoms with van der Waals surface area (Å²) in [6.07, 6.45) is 0. The average molecular weight is 1020 g/mol. The van der Waals surface area contributed by atoms with Gasteiger partial charge in [-0.05, 0) is 41.1 Å². The zero-order valence-corrected chi connectivity index (χ0v) is 38.1. The molecule has 0 spiro atoms. The van der Waals surface area contributed by atoms with Gasteiger partial charge < -0.3 is 50.5 Å². The second-order valence-electron chi connectivity index (χ2n) is 14.1. The van der Waals surface area contributed by atoms with Gasteiger partial charge in [-0.3, -0.25) is 9.11 Å². The molecule has 28 heteroatoms. The van der Waals surface area contributed by atoms with Gasteiger partial charge in [-0.1, -0.05) is 53.5 Å². The summed E-state index contributed by atoms with van der Waals surface area (Å²) in [5.41, 5.74) is 3.86. The quantitative estimate of drug-likeness (QED) is 0.0271. The van der Waals surface area contributed by atoms with Gasteiger partial charge in [0.2, 0.25) is 21.7 Å². The van der Waals surface area contributed by atoms with Crippen molar-refractivity contribution in [2.24, 2.45) is 4.99 Å². The first kappa shape index (κ1) is 47.5. The van der Waals surface area contributed by atoms with E-state index < -0.39 is 77.9 Å². The van der Waals surface area contributed by atoms with Crippen LogP contribution in [0.1, 0.15) is 0 Å². The molecule has 0 saturated heterocycles. The fraction of sp³-hybridized carbons (Fsp3) is 0.205. The highest BCUT2D eigenvalue weighted by molar-refractivity contribution is 7.91. The first-order chi connectivity index (χ1) is 31.9. The standard InChI is InChI=1S/C39H35Cl2N9O14S3/c40-26-29-33(27(41)30-34(26)64-32-24(46-30)18-25(28(42)36(32)67(58,59)60)65(53,54)21-6-5-19-3-1-2-4-20(19)17-21)63-31-22(45-29)7-8-23(35(31)66(55,56)57)47-39-49-37(43-9-13-61-15-11-51)48-38(50-39)44-10-14-62-16-12-52/h1-8,17-18,46,51-52H,9-16,42H2,(H,55,56,57)(H,58,59,60)(H2,43,44,48,49,50). The molecule has 0 radical (unpaired) electrons. The number of aromatic nitrogens is 4. The van der Waals surface area contributed by atoms with Crippen LogP contribution in [-0.2, 0) is 39.5 Å². The van der Waals surface area contributed by atoms with E-state index in [9.17, 15) is 34.4 Å². The number of hydrogen-bond donors (Lipinski definition) is 8. The Morgan fingerprint density at radius 3 is 2.01 bits per heavy atom. The van der Waals surface area contributed by atoms with Crippen LogP contribution in [0.5, 0.6) is 11.5 Å². The molecule has 1 aliphatic carbocycles. The van der Waals surface area contributed by atoms with E-state index in [-0.39, 0.29) is 109 Å². The average Bonchev–Trinajstić information content (AvgIpc) is 3.28. The van der Waals surface area contributed by atoms with E-state index in [4.69, 9.17) is 57.8 Å². The lowest BCUT2D eigenvalue weighted by atomic mass is 10.1. The minimum Gasteiger partial charge on any atom is -0.450 e. The van der Waals surface area contributed by atoms with Gasteiger partial charge in [-0.15, -0.1) is 0 Å². The summed E-state index contributed by atoms with van der Waals surface area (Å²) in [6.45, 7) is 0.426. The third-order valence-electron chi connectivity index (χ3n) is 9.69. The monoisotopic (exact) mass is 1020 g/mol. The molecule has 1 aromatic heterocycles. The van der Waals surface area contributed by atoms with Crippen LogP contribution in [0.25, 0.3) is 33.3 Å². The third-order valence-corrected chi connectivity index (χ3v) is 14.0. The smallest absolute Gasteiger partial charge is 0.300 e. The van der Waals surface area contributed by atoms with E-state index in [1.807, 2.05) is 0 Å². The lowest BCUT2D eigenvalue weighted by molar-refractivity contribution is 0.0990. The Balaban J connectivity index is 1.25. The summed E-state index contributed by atoms with van der Waals surface area (Å²) < 4.78 is 124. The number of nitrogens with one attached hydrogen (secondary N) is 3. The molecule has 5 aromatic rings. The topological polar surface area (TPSA) is 350 Å². The highest BCUT2D eigenvalue weighted by Crippen LogP contribution is 2.56. The fourth-order valence-corrected chi connectivity index (χ4v) is 10.4. The lowest BCUT2D eigenvalue weighted by Gasteiger charge is -2.27. The van der Waals surface area contributed by atoms with Crippen molar-refractivity contribution >= 4 is 110 Å². The molecule has 3 heterocycles. The number of benzene rings is 5. The number of aliphatic hydroxyl groups excluding tert-OH is 2. The molecule has 2 aliphatic heterocycles. The van der Waals surface area contributed by atoms with E-state index in [1.54, 1.807) is 30.3 Å². The lowest BCUT2D eigenvalue weighted by Crippen LogP contribution is -2.19. The number of ether oxygens (including phenoxy) is 3. The number of anilines is 5. The molecule has 352 valence electrons. The highest BCUT2D eigenvalue weighted by Gasteiger charge is 2.38. The number of aliphatic hydroxyl groups is 2. The molecular formula is C39H35Cl2N9O14S3. The zero-order valence-electron chi connectivity index (χ0n) is 34.1. The minimum atomic E-state index is -5.34. The summed E-state index contributed by atoms with van der Waals surface area (Å²) in [4.78, 5) is 18.5. The van der Waals surface area contributed by atoms with Crippen LogP contribution in [0.3, 0.4) is 0 Å². The van der Waals surface area contributed by atoms with E-state index in [1.165, 1.54) is 18.2 Å². The number of nitrogen functional groups attached to an aromatic ring is 1. The minimum absolute atomic E-state index is 0.0287. The van der Waals surface area contributed by atoms with Gasteiger partial charge in [0.15, 0.2) is 32.6 Å². The van der Waals surface area contributed by atoms with Crippen LogP contribution in [0.15, 0.2) is 89.7 Å². The van der Waals surface area contributed by atoms with Crippen molar-refractivity contribution in [3.8, 4) is 23.0 Å². The first-order valence-electron chi connectivity index (χ1n) is 19.4. The van der Waals surface area contributed by atoms with Gasteiger partial charge in [0, 0.05) is 13.1 Å². The van der Waals surface area contributed by atoms with E-state index in [0.29, 0.717) is 10.8 Å². The number of nitrogens with two attached hydrogens (primary N) is 1. The van der Waals surface area contributed by atoms with E-state index in [0.717, 1.165) is 12.1 Å². The van der Waals surface area contributed by atoms with Crippen molar-refractivity contribution in [2.45, 2.75) is 19.6 Å². The van der Waals surface area contributed by atoms with Gasteiger partial charge in [0.25, 0.3) is 16.1 Å². The van der Waals surface area contributed by atoms with Crippen LogP contribution < -0.4 is 31.8 Å². The molecule has 23 nitrogen and oxygen atoms in total. The Labute approximate surface area is 389 Å². The molecule has 67 heavy (non-hydrogen) atoms. The maximum absolute atomic E-state index is 14.2. The molecule has 0 saturated carbocycles. The summed E-state index contributed by atoms with van der Waals surface area (Å²) in [5.74, 6) is -2.02. The van der Waals surface area contributed by atoms with Crippen LogP contribution in [-0.4, -0.2) is 117 Å². The van der Waals surface area contributed by atoms with Crippen molar-refractivity contribution in [2.75, 3.05) is 74.4 Å². The first-order valence-corrected chi connectivity index (χ1v) is 24.6. The van der Waals surface area contributed by atoms with Crippen LogP contribution in [0.2, 0.25) is 10.0 Å². The molecule has 3 aliphatic rings. The summed E-state index contributed by atoms with van der Waals surface area (Å²) >= 11 is 13.7. The molecule has 0 amide bonds. The normalized spacial score (nSPS) is 13.1. The molecule has 0 unspecified atom stereocenters. The number of rotatable bonds is 17. The number of hydrogen-bond acceptors (Lipinski definition) is 21. The molecule has 8 rings (SSSR count). The largest absolute Gasteiger partial charge is 0.450 e. The van der Waals surface area contributed by atoms with Crippen molar-refractivity contribution < 1.29 is 63.2 Å². The summed E-state index contributed by atoms with van der Waals surface area (Å²) in [5, 5.41) is 26.6. The van der Waals surface area contributed by atoms with Gasteiger partial charge in [-0.25, -0.2) is 18.4 Å². The molecule has 0 bridgehead atoms. The maximum atomic E-state index is 14.2. The number of sulfone groups is 1. The van der Waals surface area contributed by atoms with Crippen molar-refractivity contribution in [1.82, 2.24) is 19.9 Å². The Morgan fingerprint density at radius 2 is 1.39 bits per heavy atom. The van der Waals surface area contributed by atoms with Gasteiger partial charge in [0.1, 0.15) is 26.9 Å². The van der Waals surface area contributed by atoms with Gasteiger partial charge >= 0.3 is 10.1 Å². The molecule has 0 fully saturated rings. The van der Waals surface area contributed by atoms with Gasteiger partial charge in [-0.2, -0.15) is 31.8 Å². The zero-order chi connectivity index (χ0) is 47.8. The molecule has 0 atom stereocenters. The second kappa shape index (κ2) is 18.9. The molecule has 9 N–H and O–H groups in total. The summed E-state index contributed by atoms with van der Waals surface area (Å²) in [6, 6.07) is 14.5. The number of nitrogens with zero attached hydrogens (tertiary/aromatic N) is 5. The Morgan fingerprint density at radius 1 is 0.746 bits per heavy atom. The number of halogens is 2. The van der Waals surface area contributed by atoms with E-state index in [2.05, 4.69) is 40.9 Å². The molecule has 4 aromatic carbocycles. The maximum Gasteiger partial charge on any atom is 0.300 e. The van der Waals surface area contributed by atoms with E-state index >= 15 is 0 Å². The van der Waals surface area contributed by atoms with Crippen molar-refractivity contribution in [3.05, 3.63) is 76.1 Å². The van der Waals surface area contributed by atoms with Crippen molar-refractivity contribution in [1.29, 1.82) is 0 Å². The Bertz CT molecular complexity index is 3460. The Hall–Kier alpha value is -6.04. The predicted molar refractivity (Wildman–Crippen MR) is 242 cm³/mol. The Kier molecular flexibility index (Phi) is 13.4. The fourth-order valence-electron chi connectivity index (χ4n) is 6.81. The molecular weight excluding hydrogens is 986 g/mol. The van der Waals surface area contributed by atoms with Crippen LogP contribution >= 0.6 is 23.2 Å². The third kappa shape index (κ3) is 9.59. The second-order valence-corrected chi connectivity index (χ2v) is 19.5.